The minimum absolute atomic E-state index is 0.329. The summed E-state index contributed by atoms with van der Waals surface area (Å²) in [6, 6.07) is 26.6. The maximum atomic E-state index is 12.2. The SMILES string of the molecule is Cc1ccccc1NC(=O)NN=Cc1cc(C)n(-c2ccc(OCc3ccccc3C#N)cc2)c1C. The van der Waals surface area contributed by atoms with Gasteiger partial charge in [0.15, 0.2) is 0 Å². The van der Waals surface area contributed by atoms with Gasteiger partial charge in [-0.25, -0.2) is 10.2 Å². The van der Waals surface area contributed by atoms with Gasteiger partial charge in [-0.05, 0) is 68.8 Å². The molecule has 0 aliphatic heterocycles. The molecule has 2 amide bonds. The van der Waals surface area contributed by atoms with Crippen LogP contribution in [0.4, 0.5) is 10.5 Å². The number of aromatic nitrogens is 1. The zero-order valence-electron chi connectivity index (χ0n) is 20.4. The lowest BCUT2D eigenvalue weighted by atomic mass is 10.1. The minimum Gasteiger partial charge on any atom is -0.489 e. The van der Waals surface area contributed by atoms with E-state index in [1.54, 1.807) is 12.3 Å². The molecular weight excluding hydrogens is 450 g/mol. The molecule has 2 N–H and O–H groups in total. The summed E-state index contributed by atoms with van der Waals surface area (Å²) in [7, 11) is 0. The predicted octanol–water partition coefficient (Wildman–Crippen LogP) is 6.01. The second kappa shape index (κ2) is 11.1. The van der Waals surface area contributed by atoms with Gasteiger partial charge >= 0.3 is 6.03 Å². The normalized spacial score (nSPS) is 10.7. The van der Waals surface area contributed by atoms with Crippen molar-refractivity contribution in [3.8, 4) is 17.5 Å². The van der Waals surface area contributed by atoms with Crippen LogP contribution in [0.25, 0.3) is 5.69 Å². The molecule has 4 rings (SSSR count). The molecule has 1 heterocycles. The molecule has 0 radical (unpaired) electrons. The van der Waals surface area contributed by atoms with E-state index in [0.29, 0.717) is 12.2 Å². The fourth-order valence-electron chi connectivity index (χ4n) is 3.95. The number of benzene rings is 3. The maximum absolute atomic E-state index is 12.2. The first-order chi connectivity index (χ1) is 17.5. The summed E-state index contributed by atoms with van der Waals surface area (Å²) >= 11 is 0. The lowest BCUT2D eigenvalue weighted by Crippen LogP contribution is -2.24. The number of rotatable bonds is 7. The first kappa shape index (κ1) is 24.3. The van der Waals surface area contributed by atoms with Gasteiger partial charge in [-0.3, -0.25) is 0 Å². The van der Waals surface area contributed by atoms with Crippen molar-refractivity contribution in [1.29, 1.82) is 5.26 Å². The fourth-order valence-corrected chi connectivity index (χ4v) is 3.95. The standard InChI is InChI=1S/C29H27N5O2/c1-20-8-4-7-11-28(20)32-29(35)33-31-18-25-16-21(2)34(22(25)3)26-12-14-27(15-13-26)36-19-24-10-6-5-9-23(24)17-30/h4-16,18H,19H2,1-3H3,(H2,32,33,35). The largest absolute Gasteiger partial charge is 0.489 e. The van der Waals surface area contributed by atoms with Crippen LogP contribution >= 0.6 is 0 Å². The quantitative estimate of drug-likeness (QED) is 0.252. The summed E-state index contributed by atoms with van der Waals surface area (Å²) < 4.78 is 8.00. The van der Waals surface area contributed by atoms with E-state index in [9.17, 15) is 10.1 Å². The molecule has 4 aromatic rings. The van der Waals surface area contributed by atoms with Crippen LogP contribution in [0.1, 0.15) is 33.6 Å². The molecular formula is C29H27N5O2. The van der Waals surface area contributed by atoms with Gasteiger partial charge in [0.2, 0.25) is 0 Å². The fraction of sp³-hybridized carbons (Fsp3) is 0.138. The highest BCUT2D eigenvalue weighted by Crippen LogP contribution is 2.23. The number of urea groups is 1. The summed E-state index contributed by atoms with van der Waals surface area (Å²) in [6.45, 7) is 6.28. The summed E-state index contributed by atoms with van der Waals surface area (Å²) in [5.41, 5.74) is 9.62. The number of amides is 2. The second-order valence-corrected chi connectivity index (χ2v) is 8.35. The number of hydrogen-bond donors (Lipinski definition) is 2. The lowest BCUT2D eigenvalue weighted by Gasteiger charge is -2.12. The van der Waals surface area contributed by atoms with Crippen molar-refractivity contribution in [3.05, 3.63) is 113 Å². The monoisotopic (exact) mass is 477 g/mol. The van der Waals surface area contributed by atoms with Gasteiger partial charge in [-0.15, -0.1) is 0 Å². The minimum atomic E-state index is -0.401. The number of nitrogens with one attached hydrogen (secondary N) is 2. The smallest absolute Gasteiger partial charge is 0.339 e. The molecule has 0 fully saturated rings. The first-order valence-corrected chi connectivity index (χ1v) is 11.5. The molecule has 0 bridgehead atoms. The van der Waals surface area contributed by atoms with Crippen LogP contribution in [0.2, 0.25) is 0 Å². The van der Waals surface area contributed by atoms with Crippen LogP contribution < -0.4 is 15.5 Å². The van der Waals surface area contributed by atoms with E-state index in [0.717, 1.165) is 45.2 Å². The van der Waals surface area contributed by atoms with E-state index in [1.165, 1.54) is 0 Å². The van der Waals surface area contributed by atoms with Crippen molar-refractivity contribution < 1.29 is 9.53 Å². The van der Waals surface area contributed by atoms with Gasteiger partial charge < -0.3 is 14.6 Å². The third-order valence-electron chi connectivity index (χ3n) is 5.86. The molecule has 0 spiro atoms. The second-order valence-electron chi connectivity index (χ2n) is 8.35. The van der Waals surface area contributed by atoms with Crippen molar-refractivity contribution in [2.45, 2.75) is 27.4 Å². The molecule has 0 saturated carbocycles. The number of hydrazone groups is 1. The van der Waals surface area contributed by atoms with Gasteiger partial charge in [0.25, 0.3) is 0 Å². The number of para-hydroxylation sites is 1. The number of hydrogen-bond acceptors (Lipinski definition) is 4. The number of anilines is 1. The zero-order chi connectivity index (χ0) is 25.5. The Bertz CT molecular complexity index is 1450. The van der Waals surface area contributed by atoms with Crippen molar-refractivity contribution in [3.63, 3.8) is 0 Å². The van der Waals surface area contributed by atoms with Crippen LogP contribution in [-0.2, 0) is 6.61 Å². The van der Waals surface area contributed by atoms with Crippen LogP contribution in [0.5, 0.6) is 5.75 Å². The first-order valence-electron chi connectivity index (χ1n) is 11.5. The van der Waals surface area contributed by atoms with E-state index in [1.807, 2.05) is 93.6 Å². The van der Waals surface area contributed by atoms with Crippen LogP contribution in [-0.4, -0.2) is 16.8 Å². The van der Waals surface area contributed by atoms with Crippen LogP contribution in [0, 0.1) is 32.1 Å². The van der Waals surface area contributed by atoms with E-state index in [4.69, 9.17) is 4.74 Å². The Morgan fingerprint density at radius 3 is 2.50 bits per heavy atom. The van der Waals surface area contributed by atoms with Crippen molar-refractivity contribution in [1.82, 2.24) is 9.99 Å². The maximum Gasteiger partial charge on any atom is 0.339 e. The average molecular weight is 478 g/mol. The van der Waals surface area contributed by atoms with Crippen LogP contribution in [0.3, 0.4) is 0 Å². The predicted molar refractivity (Wildman–Crippen MR) is 142 cm³/mol. The van der Waals surface area contributed by atoms with Gasteiger partial charge in [0.05, 0.1) is 17.8 Å². The van der Waals surface area contributed by atoms with Crippen molar-refractivity contribution in [2.24, 2.45) is 5.10 Å². The summed E-state index contributed by atoms with van der Waals surface area (Å²) in [4.78, 5) is 12.2. The number of carbonyl (C=O) groups is 1. The number of aryl methyl sites for hydroxylation is 2. The summed E-state index contributed by atoms with van der Waals surface area (Å²) in [6.07, 6.45) is 1.64. The molecule has 0 atom stereocenters. The van der Waals surface area contributed by atoms with Crippen molar-refractivity contribution in [2.75, 3.05) is 5.32 Å². The Balaban J connectivity index is 1.40. The molecule has 1 aromatic heterocycles. The molecule has 0 aliphatic carbocycles. The van der Waals surface area contributed by atoms with Crippen molar-refractivity contribution >= 4 is 17.9 Å². The highest BCUT2D eigenvalue weighted by molar-refractivity contribution is 5.91. The topological polar surface area (TPSA) is 91.4 Å². The summed E-state index contributed by atoms with van der Waals surface area (Å²) in [5, 5.41) is 16.1. The van der Waals surface area contributed by atoms with E-state index in [-0.39, 0.29) is 0 Å². The number of carbonyl (C=O) groups excluding carboxylic acids is 1. The Kier molecular flexibility index (Phi) is 7.47. The number of nitrogens with zero attached hydrogens (tertiary/aromatic N) is 3. The molecule has 0 saturated heterocycles. The van der Waals surface area contributed by atoms with E-state index < -0.39 is 6.03 Å². The third-order valence-corrected chi connectivity index (χ3v) is 5.86. The Labute approximate surface area is 210 Å². The number of nitriles is 1. The molecule has 180 valence electrons. The van der Waals surface area contributed by atoms with E-state index >= 15 is 0 Å². The summed E-state index contributed by atoms with van der Waals surface area (Å²) in [5.74, 6) is 0.722. The average Bonchev–Trinajstić information content (AvgIpc) is 3.17. The highest BCUT2D eigenvalue weighted by atomic mass is 16.5. The highest BCUT2D eigenvalue weighted by Gasteiger charge is 2.10. The van der Waals surface area contributed by atoms with Crippen LogP contribution in [0.15, 0.2) is 84.0 Å². The molecule has 3 aromatic carbocycles. The molecule has 7 nitrogen and oxygen atoms in total. The van der Waals surface area contributed by atoms with E-state index in [2.05, 4.69) is 26.5 Å². The molecule has 0 aliphatic rings. The Hall–Kier alpha value is -4.83. The van der Waals surface area contributed by atoms with Gasteiger partial charge in [0, 0.05) is 33.9 Å². The van der Waals surface area contributed by atoms with Gasteiger partial charge in [-0.2, -0.15) is 10.4 Å². The Morgan fingerprint density at radius 1 is 1.03 bits per heavy atom. The van der Waals surface area contributed by atoms with Gasteiger partial charge in [0.1, 0.15) is 12.4 Å². The van der Waals surface area contributed by atoms with Gasteiger partial charge in [-0.1, -0.05) is 36.4 Å². The number of ether oxygens (including phenoxy) is 1. The Morgan fingerprint density at radius 2 is 1.75 bits per heavy atom. The third kappa shape index (κ3) is 5.62. The molecule has 36 heavy (non-hydrogen) atoms. The lowest BCUT2D eigenvalue weighted by molar-refractivity contribution is 0.252. The molecule has 0 unspecified atom stereocenters. The zero-order valence-corrected chi connectivity index (χ0v) is 20.4. The molecule has 7 heteroatoms.